The van der Waals surface area contributed by atoms with Crippen LogP contribution < -0.4 is 5.73 Å². The van der Waals surface area contributed by atoms with E-state index in [4.69, 9.17) is 52.3 Å². The molecule has 7 heteroatoms. The number of hydrogen-bond donors (Lipinski definition) is 1. The van der Waals surface area contributed by atoms with Crippen molar-refractivity contribution in [3.8, 4) is 0 Å². The van der Waals surface area contributed by atoms with Gasteiger partial charge in [-0.25, -0.2) is 4.42 Å². The Bertz CT molecular complexity index is 157. The van der Waals surface area contributed by atoms with E-state index in [0.29, 0.717) is 4.42 Å². The van der Waals surface area contributed by atoms with Crippen molar-refractivity contribution < 1.29 is 4.79 Å². The first-order valence-electron chi connectivity index (χ1n) is 2.54. The lowest BCUT2D eigenvalue weighted by molar-refractivity contribution is -0.125. The van der Waals surface area contributed by atoms with E-state index in [1.54, 1.807) is 0 Å². The van der Waals surface area contributed by atoms with Crippen LogP contribution in [0.15, 0.2) is 0 Å². The third kappa shape index (κ3) is 3.67. The highest BCUT2D eigenvalue weighted by atomic mass is 35.6. The number of carbonyl (C=O) groups excluding carboxylic acids is 1. The van der Waals surface area contributed by atoms with Gasteiger partial charge in [-0.05, 0) is 0 Å². The predicted molar refractivity (Wildman–Crippen MR) is 46.6 cm³/mol. The Labute approximate surface area is 84.4 Å². The van der Waals surface area contributed by atoms with Crippen LogP contribution in [0, 0.1) is 0 Å². The largest absolute Gasteiger partial charge is 0.307 e. The number of amides is 1. The van der Waals surface area contributed by atoms with E-state index in [1.807, 2.05) is 0 Å². The molecule has 1 amide bonds. The van der Waals surface area contributed by atoms with Crippen LogP contribution in [0.25, 0.3) is 0 Å². The van der Waals surface area contributed by atoms with Crippen molar-refractivity contribution in [1.82, 2.24) is 4.42 Å². The molecule has 0 bridgehead atoms. The number of carbonyl (C=O) groups is 1. The predicted octanol–water partition coefficient (Wildman–Crippen LogP) is 1.64. The first-order chi connectivity index (χ1) is 4.76. The van der Waals surface area contributed by atoms with Gasteiger partial charge in [0.25, 0.3) is 0 Å². The van der Waals surface area contributed by atoms with Gasteiger partial charge < -0.3 is 5.73 Å². The van der Waals surface area contributed by atoms with Gasteiger partial charge in [0.05, 0.1) is 0 Å². The molecule has 0 aliphatic rings. The minimum Gasteiger partial charge on any atom is -0.307 e. The van der Waals surface area contributed by atoms with Crippen molar-refractivity contribution in [2.75, 3.05) is 0 Å². The number of nitrogens with zero attached hydrogens (tertiary/aromatic N) is 1. The molecule has 1 unspecified atom stereocenters. The van der Waals surface area contributed by atoms with Gasteiger partial charge in [-0.2, -0.15) is 0 Å². The maximum absolute atomic E-state index is 10.6. The molecule has 0 rings (SSSR count). The molecular formula is C4H6Cl4N2O. The molecule has 66 valence electrons. The zero-order valence-corrected chi connectivity index (χ0v) is 8.55. The molecule has 0 aromatic carbocycles. The van der Waals surface area contributed by atoms with E-state index in [-0.39, 0.29) is 0 Å². The molecular weight excluding hydrogens is 234 g/mol. The monoisotopic (exact) mass is 238 g/mol. The minimum absolute atomic E-state index is 0.481. The molecule has 11 heavy (non-hydrogen) atoms. The fraction of sp³-hybridized carbons (Fsp3) is 0.750. The topological polar surface area (TPSA) is 46.3 Å². The highest BCUT2D eigenvalue weighted by molar-refractivity contribution is 6.68. The summed E-state index contributed by atoms with van der Waals surface area (Å²) in [4.78, 5) is 10.6. The van der Waals surface area contributed by atoms with Gasteiger partial charge in [0.2, 0.25) is 9.70 Å². The highest BCUT2D eigenvalue weighted by Crippen LogP contribution is 2.31. The Balaban J connectivity index is 4.25. The summed E-state index contributed by atoms with van der Waals surface area (Å²) in [6.07, 6.45) is -1.15. The third-order valence-electron chi connectivity index (χ3n) is 0.880. The molecule has 3 nitrogen and oxygen atoms in total. The Morgan fingerprint density at radius 3 is 2.00 bits per heavy atom. The zero-order chi connectivity index (χ0) is 9.23. The van der Waals surface area contributed by atoms with Crippen LogP contribution in [0.4, 0.5) is 0 Å². The van der Waals surface area contributed by atoms with Crippen molar-refractivity contribution >= 4 is 52.5 Å². The Morgan fingerprint density at radius 1 is 1.55 bits per heavy atom. The maximum Gasteiger partial charge on any atom is 0.235 e. The summed E-state index contributed by atoms with van der Waals surface area (Å²) in [6.45, 7) is 1.21. The molecule has 0 aromatic heterocycles. The average molecular weight is 240 g/mol. The van der Waals surface area contributed by atoms with Gasteiger partial charge in [0.15, 0.2) is 0 Å². The second-order valence-electron chi connectivity index (χ2n) is 1.82. The van der Waals surface area contributed by atoms with Gasteiger partial charge in [-0.1, -0.05) is 34.8 Å². The molecule has 2 N–H and O–H groups in total. The first kappa shape index (κ1) is 11.6. The molecule has 0 saturated carbocycles. The van der Waals surface area contributed by atoms with Crippen molar-refractivity contribution in [2.45, 2.75) is 16.9 Å². The maximum atomic E-state index is 10.6. The Morgan fingerprint density at radius 2 is 1.91 bits per heavy atom. The van der Waals surface area contributed by atoms with Gasteiger partial charge in [0, 0.05) is 18.7 Å². The number of halogens is 4. The Hall–Kier alpha value is 0.590. The van der Waals surface area contributed by atoms with Crippen LogP contribution in [-0.2, 0) is 4.79 Å². The summed E-state index contributed by atoms with van der Waals surface area (Å²) in [5, 5.41) is 0. The zero-order valence-electron chi connectivity index (χ0n) is 5.52. The summed E-state index contributed by atoms with van der Waals surface area (Å²) in [7, 11) is 0. The van der Waals surface area contributed by atoms with E-state index >= 15 is 0 Å². The quantitative estimate of drug-likeness (QED) is 0.430. The van der Waals surface area contributed by atoms with Gasteiger partial charge in [-0.15, -0.1) is 0 Å². The van der Waals surface area contributed by atoms with Gasteiger partial charge in [0.1, 0.15) is 6.17 Å². The average Bonchev–Trinajstić information content (AvgIpc) is 1.82. The standard InChI is InChI=1S/C4H6Cl4N2O/c1-2(11)10(8)3(9)4(5,6)7/h3H,9H2,1H3. The van der Waals surface area contributed by atoms with Crippen molar-refractivity contribution in [2.24, 2.45) is 5.73 Å². The van der Waals surface area contributed by atoms with Crippen molar-refractivity contribution in [1.29, 1.82) is 0 Å². The highest BCUT2D eigenvalue weighted by Gasteiger charge is 2.35. The number of nitrogens with two attached hydrogens (primary N) is 1. The molecule has 0 aliphatic heterocycles. The summed E-state index contributed by atoms with van der Waals surface area (Å²) in [5.41, 5.74) is 5.27. The fourth-order valence-corrected chi connectivity index (χ4v) is 0.913. The molecule has 1 atom stereocenters. The van der Waals surface area contributed by atoms with E-state index < -0.39 is 15.9 Å². The number of hydrogen-bond acceptors (Lipinski definition) is 2. The molecule has 0 aliphatic carbocycles. The van der Waals surface area contributed by atoms with E-state index in [2.05, 4.69) is 0 Å². The van der Waals surface area contributed by atoms with Crippen LogP contribution in [0.2, 0.25) is 0 Å². The normalized spacial score (nSPS) is 14.4. The van der Waals surface area contributed by atoms with Crippen LogP contribution in [-0.4, -0.2) is 20.3 Å². The lowest BCUT2D eigenvalue weighted by Crippen LogP contribution is -2.47. The van der Waals surface area contributed by atoms with Crippen molar-refractivity contribution in [3.05, 3.63) is 0 Å². The lowest BCUT2D eigenvalue weighted by Gasteiger charge is -2.25. The molecule has 0 heterocycles. The van der Waals surface area contributed by atoms with Gasteiger partial charge >= 0.3 is 0 Å². The van der Waals surface area contributed by atoms with Gasteiger partial charge in [-0.3, -0.25) is 4.79 Å². The number of alkyl halides is 3. The second-order valence-corrected chi connectivity index (χ2v) is 4.55. The smallest absolute Gasteiger partial charge is 0.235 e. The van der Waals surface area contributed by atoms with Crippen LogP contribution in [0.1, 0.15) is 6.92 Å². The molecule has 0 aromatic rings. The summed E-state index contributed by atoms with van der Waals surface area (Å²) < 4.78 is -1.14. The minimum atomic E-state index is -1.77. The first-order valence-corrected chi connectivity index (χ1v) is 4.02. The summed E-state index contributed by atoms with van der Waals surface area (Å²) >= 11 is 21.4. The molecule has 0 fully saturated rings. The third-order valence-corrected chi connectivity index (χ3v) is 2.00. The van der Waals surface area contributed by atoms with Crippen LogP contribution in [0.3, 0.4) is 0 Å². The van der Waals surface area contributed by atoms with Crippen LogP contribution in [0.5, 0.6) is 0 Å². The van der Waals surface area contributed by atoms with E-state index in [9.17, 15) is 4.79 Å². The molecule has 0 spiro atoms. The summed E-state index contributed by atoms with van der Waals surface area (Å²) in [5.74, 6) is -0.481. The SMILES string of the molecule is CC(=O)N(Cl)C(N)C(Cl)(Cl)Cl. The lowest BCUT2D eigenvalue weighted by atomic mass is 10.5. The summed E-state index contributed by atoms with van der Waals surface area (Å²) in [6, 6.07) is 0. The molecule has 0 saturated heterocycles. The van der Waals surface area contributed by atoms with E-state index in [1.165, 1.54) is 6.92 Å². The van der Waals surface area contributed by atoms with E-state index in [0.717, 1.165) is 0 Å². The van der Waals surface area contributed by atoms with Crippen molar-refractivity contribution in [3.63, 3.8) is 0 Å². The number of rotatable bonds is 1. The fourth-order valence-electron chi connectivity index (χ4n) is 0.324. The second kappa shape index (κ2) is 4.01. The van der Waals surface area contributed by atoms with Crippen LogP contribution >= 0.6 is 46.6 Å². The Kier molecular flexibility index (Phi) is 4.22. The molecule has 0 radical (unpaired) electrons.